The third-order valence-corrected chi connectivity index (χ3v) is 9.25. The second-order valence-electron chi connectivity index (χ2n) is 11.3. The molecule has 184 valence electrons. The average Bonchev–Trinajstić information content (AvgIpc) is 3.57. The molecule has 4 unspecified atom stereocenters. The van der Waals surface area contributed by atoms with Crippen LogP contribution in [0.4, 0.5) is 0 Å². The molecule has 1 heterocycles. The van der Waals surface area contributed by atoms with Gasteiger partial charge in [0.05, 0.1) is 16.8 Å². The summed E-state index contributed by atoms with van der Waals surface area (Å²) in [5, 5.41) is 1.07. The summed E-state index contributed by atoms with van der Waals surface area (Å²) in [4.78, 5) is 32.9. The highest BCUT2D eigenvalue weighted by atomic mass is 16.1. The number of benzene rings is 3. The predicted octanol–water partition coefficient (Wildman–Crippen LogP) is 8.06. The van der Waals surface area contributed by atoms with Crippen LogP contribution in [0.5, 0.6) is 0 Å². The number of fused-ring (bicyclic) bond motifs is 10. The lowest BCUT2D eigenvalue weighted by Crippen LogP contribution is -2.21. The fourth-order valence-electron chi connectivity index (χ4n) is 7.53. The van der Waals surface area contributed by atoms with Crippen molar-refractivity contribution in [1.82, 2.24) is 4.98 Å². The van der Waals surface area contributed by atoms with Crippen molar-refractivity contribution in [2.45, 2.75) is 37.5 Å². The van der Waals surface area contributed by atoms with Gasteiger partial charge in [0.1, 0.15) is 0 Å². The molecule has 0 amide bonds. The van der Waals surface area contributed by atoms with E-state index in [2.05, 4.69) is 54.6 Å². The quantitative estimate of drug-likeness (QED) is 0.284. The van der Waals surface area contributed by atoms with Gasteiger partial charge in [-0.15, -0.1) is 0 Å². The third kappa shape index (κ3) is 3.11. The number of carbonyl (C=O) groups is 2. The maximum Gasteiger partial charge on any atom is 0.173 e. The average molecular weight is 494 g/mol. The molecule has 0 saturated heterocycles. The van der Waals surface area contributed by atoms with Gasteiger partial charge in [0.15, 0.2) is 11.6 Å². The van der Waals surface area contributed by atoms with E-state index >= 15 is 0 Å². The zero-order valence-electron chi connectivity index (χ0n) is 21.1. The molecule has 3 nitrogen and oxygen atoms in total. The summed E-state index contributed by atoms with van der Waals surface area (Å²) in [6.07, 6.45) is 11.8. The molecule has 0 N–H and O–H groups in total. The monoisotopic (exact) mass is 493 g/mol. The molecule has 4 aliphatic carbocycles. The topological polar surface area (TPSA) is 47.0 Å². The van der Waals surface area contributed by atoms with Gasteiger partial charge in [-0.2, -0.15) is 0 Å². The molecule has 4 aromatic rings. The van der Waals surface area contributed by atoms with Crippen molar-refractivity contribution in [2.75, 3.05) is 0 Å². The fourth-order valence-corrected chi connectivity index (χ4v) is 7.53. The molecule has 38 heavy (non-hydrogen) atoms. The van der Waals surface area contributed by atoms with Crippen molar-refractivity contribution in [3.8, 4) is 22.4 Å². The van der Waals surface area contributed by atoms with Crippen LogP contribution in [0.2, 0.25) is 0 Å². The van der Waals surface area contributed by atoms with Crippen molar-refractivity contribution in [1.29, 1.82) is 0 Å². The SMILES string of the molecule is O=C1CC2C=CC=CC2C(=O)c2c1ccc1c3c(c(-c4cccc(-c5ccccc5)c4)nc21)C1CCC3C1. The summed E-state index contributed by atoms with van der Waals surface area (Å²) in [7, 11) is 0. The van der Waals surface area contributed by atoms with Gasteiger partial charge in [0.2, 0.25) is 0 Å². The van der Waals surface area contributed by atoms with Crippen LogP contribution in [-0.2, 0) is 0 Å². The van der Waals surface area contributed by atoms with Crippen LogP contribution in [-0.4, -0.2) is 16.6 Å². The number of nitrogens with zero attached hydrogens (tertiary/aromatic N) is 1. The van der Waals surface area contributed by atoms with Crippen molar-refractivity contribution < 1.29 is 9.59 Å². The number of hydrogen-bond donors (Lipinski definition) is 0. The Morgan fingerprint density at radius 3 is 2.37 bits per heavy atom. The first-order chi connectivity index (χ1) is 18.7. The molecule has 0 radical (unpaired) electrons. The van der Waals surface area contributed by atoms with Crippen LogP contribution in [0.1, 0.15) is 69.4 Å². The Hall–Kier alpha value is -4.11. The van der Waals surface area contributed by atoms with Gasteiger partial charge in [-0.1, -0.05) is 78.9 Å². The van der Waals surface area contributed by atoms with Crippen LogP contribution >= 0.6 is 0 Å². The van der Waals surface area contributed by atoms with E-state index in [9.17, 15) is 9.59 Å². The van der Waals surface area contributed by atoms with Gasteiger partial charge in [-0.05, 0) is 71.4 Å². The molecule has 3 heteroatoms. The molecular weight excluding hydrogens is 466 g/mol. The second-order valence-corrected chi connectivity index (χ2v) is 11.3. The van der Waals surface area contributed by atoms with E-state index in [0.717, 1.165) is 34.1 Å². The molecule has 4 aliphatic rings. The van der Waals surface area contributed by atoms with Crippen molar-refractivity contribution in [2.24, 2.45) is 11.8 Å². The molecule has 0 aliphatic heterocycles. The minimum absolute atomic E-state index is 0.0293. The van der Waals surface area contributed by atoms with Crippen molar-refractivity contribution in [3.63, 3.8) is 0 Å². The van der Waals surface area contributed by atoms with E-state index < -0.39 is 0 Å². The number of aromatic nitrogens is 1. The van der Waals surface area contributed by atoms with E-state index in [1.807, 2.05) is 36.4 Å². The summed E-state index contributed by atoms with van der Waals surface area (Å²) in [6.45, 7) is 0. The summed E-state index contributed by atoms with van der Waals surface area (Å²) in [5.74, 6) is 0.675. The van der Waals surface area contributed by atoms with Gasteiger partial charge < -0.3 is 0 Å². The lowest BCUT2D eigenvalue weighted by Gasteiger charge is -2.23. The highest BCUT2D eigenvalue weighted by Crippen LogP contribution is 2.57. The Morgan fingerprint density at radius 2 is 1.50 bits per heavy atom. The van der Waals surface area contributed by atoms with Gasteiger partial charge in [-0.25, -0.2) is 4.98 Å². The molecule has 0 spiro atoms. The number of ketones is 2. The lowest BCUT2D eigenvalue weighted by atomic mass is 9.81. The summed E-state index contributed by atoms with van der Waals surface area (Å²) in [6, 6.07) is 23.0. The lowest BCUT2D eigenvalue weighted by molar-refractivity contribution is 0.0918. The number of allylic oxidation sites excluding steroid dienone is 4. The number of pyridine rings is 1. The summed E-state index contributed by atoms with van der Waals surface area (Å²) < 4.78 is 0. The maximum atomic E-state index is 14.1. The zero-order chi connectivity index (χ0) is 25.4. The van der Waals surface area contributed by atoms with E-state index in [0.29, 0.717) is 29.4 Å². The van der Waals surface area contributed by atoms with Crippen molar-refractivity contribution >= 4 is 22.5 Å². The number of Topliss-reactive ketones (excluding diaryl/α,β-unsaturated/α-hetero) is 2. The van der Waals surface area contributed by atoms with Gasteiger partial charge in [0.25, 0.3) is 0 Å². The van der Waals surface area contributed by atoms with E-state index in [4.69, 9.17) is 4.98 Å². The molecular formula is C35H27NO2. The molecule has 8 rings (SSSR count). The Kier molecular flexibility index (Phi) is 4.73. The van der Waals surface area contributed by atoms with Crippen LogP contribution in [0.15, 0.2) is 91.0 Å². The van der Waals surface area contributed by atoms with Crippen LogP contribution < -0.4 is 0 Å². The maximum absolute atomic E-state index is 14.1. The van der Waals surface area contributed by atoms with Crippen LogP contribution in [0, 0.1) is 11.8 Å². The molecule has 1 aromatic heterocycles. The van der Waals surface area contributed by atoms with E-state index in [-0.39, 0.29) is 23.4 Å². The molecule has 3 aromatic carbocycles. The normalized spacial score (nSPS) is 24.8. The minimum atomic E-state index is -0.313. The Bertz CT molecular complexity index is 1730. The minimum Gasteiger partial charge on any atom is -0.294 e. The predicted molar refractivity (Wildman–Crippen MR) is 150 cm³/mol. The third-order valence-electron chi connectivity index (χ3n) is 9.25. The standard InChI is InChI=1S/C35H27NO2/c37-29-19-22-9-4-5-12-26(22)35(38)32-27(29)15-16-28-30-23-13-14-24(18-23)31(30)33(36-34(28)32)25-11-6-10-21(17-25)20-7-2-1-3-8-20/h1-12,15-17,22-24,26H,13-14,18-19H2. The Morgan fingerprint density at radius 1 is 0.737 bits per heavy atom. The highest BCUT2D eigenvalue weighted by Gasteiger charge is 2.42. The molecule has 2 bridgehead atoms. The van der Waals surface area contributed by atoms with Gasteiger partial charge in [-0.3, -0.25) is 9.59 Å². The number of hydrogen-bond acceptors (Lipinski definition) is 3. The van der Waals surface area contributed by atoms with Gasteiger partial charge in [0, 0.05) is 28.9 Å². The second kappa shape index (κ2) is 8.19. The molecule has 4 atom stereocenters. The fraction of sp³-hybridized carbons (Fsp3) is 0.229. The van der Waals surface area contributed by atoms with Crippen LogP contribution in [0.25, 0.3) is 33.3 Å². The smallest absolute Gasteiger partial charge is 0.173 e. The number of rotatable bonds is 2. The first-order valence-electron chi connectivity index (χ1n) is 13.8. The Labute approximate surface area is 221 Å². The summed E-state index contributed by atoms with van der Waals surface area (Å²) >= 11 is 0. The summed E-state index contributed by atoms with van der Waals surface area (Å²) in [5.41, 5.74) is 8.93. The van der Waals surface area contributed by atoms with E-state index in [1.165, 1.54) is 29.5 Å². The van der Waals surface area contributed by atoms with Gasteiger partial charge >= 0.3 is 0 Å². The molecule has 1 fully saturated rings. The molecule has 1 saturated carbocycles. The van der Waals surface area contributed by atoms with Crippen LogP contribution in [0.3, 0.4) is 0 Å². The van der Waals surface area contributed by atoms with Crippen molar-refractivity contribution in [3.05, 3.63) is 113 Å². The zero-order valence-corrected chi connectivity index (χ0v) is 21.1. The largest absolute Gasteiger partial charge is 0.294 e. The number of carbonyl (C=O) groups excluding carboxylic acids is 2. The first kappa shape index (κ1) is 21.9. The Balaban J connectivity index is 1.41. The highest BCUT2D eigenvalue weighted by molar-refractivity contribution is 6.19. The first-order valence-corrected chi connectivity index (χ1v) is 13.8. The van der Waals surface area contributed by atoms with E-state index in [1.54, 1.807) is 0 Å².